The van der Waals surface area contributed by atoms with Gasteiger partial charge < -0.3 is 14.2 Å². The number of ketones is 1. The van der Waals surface area contributed by atoms with E-state index in [9.17, 15) is 4.79 Å². The Morgan fingerprint density at radius 3 is 2.50 bits per heavy atom. The summed E-state index contributed by atoms with van der Waals surface area (Å²) in [5, 5.41) is 0. The van der Waals surface area contributed by atoms with Gasteiger partial charge in [-0.2, -0.15) is 0 Å². The van der Waals surface area contributed by atoms with Crippen molar-refractivity contribution in [2.24, 2.45) is 0 Å². The lowest BCUT2D eigenvalue weighted by molar-refractivity contribution is -0.118. The Kier molecular flexibility index (Phi) is 5.35. The van der Waals surface area contributed by atoms with Crippen LogP contribution in [-0.2, 0) is 9.53 Å². The molecule has 5 heteroatoms. The van der Waals surface area contributed by atoms with Crippen molar-refractivity contribution in [2.45, 2.75) is 44.8 Å². The van der Waals surface area contributed by atoms with Crippen molar-refractivity contribution in [3.63, 3.8) is 0 Å². The first-order chi connectivity index (χ1) is 9.67. The average molecular weight is 279 g/mol. The summed E-state index contributed by atoms with van der Waals surface area (Å²) in [7, 11) is 1.76. The number of carbonyl (C=O) groups is 1. The van der Waals surface area contributed by atoms with Crippen LogP contribution in [0, 0.1) is 0 Å². The van der Waals surface area contributed by atoms with Crippen molar-refractivity contribution in [1.82, 2.24) is 4.98 Å². The van der Waals surface area contributed by atoms with Gasteiger partial charge in [0, 0.05) is 13.2 Å². The van der Waals surface area contributed by atoms with Crippen molar-refractivity contribution in [3.05, 3.63) is 18.3 Å². The zero-order chi connectivity index (χ0) is 14.4. The standard InChI is InChI=1S/C15H21NO4/c1-11(17)10-19-14-7-8-15(16-9-14)20-13-5-3-12(18-2)4-6-13/h7-9,12-13H,3-6,10H2,1-2H3. The second-order valence-electron chi connectivity index (χ2n) is 5.08. The van der Waals surface area contributed by atoms with Gasteiger partial charge in [-0.3, -0.25) is 4.79 Å². The molecule has 1 aromatic heterocycles. The summed E-state index contributed by atoms with van der Waals surface area (Å²) < 4.78 is 16.4. The summed E-state index contributed by atoms with van der Waals surface area (Å²) >= 11 is 0. The van der Waals surface area contributed by atoms with Gasteiger partial charge >= 0.3 is 0 Å². The molecule has 0 N–H and O–H groups in total. The third-order valence-corrected chi connectivity index (χ3v) is 3.39. The number of rotatable bonds is 6. The molecule has 110 valence electrons. The fourth-order valence-electron chi connectivity index (χ4n) is 2.26. The number of aromatic nitrogens is 1. The maximum atomic E-state index is 10.8. The lowest BCUT2D eigenvalue weighted by atomic mass is 9.95. The molecule has 2 rings (SSSR count). The summed E-state index contributed by atoms with van der Waals surface area (Å²) in [6.45, 7) is 1.56. The second kappa shape index (κ2) is 7.24. The van der Waals surface area contributed by atoms with Gasteiger partial charge in [-0.25, -0.2) is 4.98 Å². The van der Waals surface area contributed by atoms with Crippen LogP contribution in [-0.4, -0.2) is 36.7 Å². The van der Waals surface area contributed by atoms with E-state index in [-0.39, 0.29) is 18.5 Å². The number of nitrogens with zero attached hydrogens (tertiary/aromatic N) is 1. The first kappa shape index (κ1) is 14.8. The van der Waals surface area contributed by atoms with E-state index in [0.29, 0.717) is 17.7 Å². The Labute approximate surface area is 119 Å². The smallest absolute Gasteiger partial charge is 0.213 e. The van der Waals surface area contributed by atoms with Gasteiger partial charge in [0.2, 0.25) is 5.88 Å². The van der Waals surface area contributed by atoms with Crippen LogP contribution in [0.4, 0.5) is 0 Å². The molecule has 0 atom stereocenters. The van der Waals surface area contributed by atoms with Crippen LogP contribution < -0.4 is 9.47 Å². The van der Waals surface area contributed by atoms with Crippen LogP contribution in [0.3, 0.4) is 0 Å². The van der Waals surface area contributed by atoms with Gasteiger partial charge in [0.15, 0.2) is 5.78 Å². The predicted molar refractivity (Wildman–Crippen MR) is 74.1 cm³/mol. The van der Waals surface area contributed by atoms with E-state index in [4.69, 9.17) is 14.2 Å². The van der Waals surface area contributed by atoms with Crippen LogP contribution in [0.1, 0.15) is 32.6 Å². The van der Waals surface area contributed by atoms with Crippen LogP contribution in [0.15, 0.2) is 18.3 Å². The summed E-state index contributed by atoms with van der Waals surface area (Å²) in [6.07, 6.45) is 6.19. The number of methoxy groups -OCH3 is 1. The molecule has 0 bridgehead atoms. The number of pyridine rings is 1. The molecule has 0 aliphatic heterocycles. The van der Waals surface area contributed by atoms with E-state index in [2.05, 4.69) is 4.98 Å². The molecule has 0 radical (unpaired) electrons. The van der Waals surface area contributed by atoms with Gasteiger partial charge in [-0.05, 0) is 38.7 Å². The molecule has 1 aliphatic rings. The van der Waals surface area contributed by atoms with E-state index in [1.54, 1.807) is 25.4 Å². The molecular formula is C15H21NO4. The summed E-state index contributed by atoms with van der Waals surface area (Å²) in [6, 6.07) is 3.55. The fourth-order valence-corrected chi connectivity index (χ4v) is 2.26. The highest BCUT2D eigenvalue weighted by molar-refractivity contribution is 5.77. The maximum Gasteiger partial charge on any atom is 0.213 e. The van der Waals surface area contributed by atoms with Crippen molar-refractivity contribution in [1.29, 1.82) is 0 Å². The zero-order valence-electron chi connectivity index (χ0n) is 12.0. The first-order valence-corrected chi connectivity index (χ1v) is 6.95. The molecule has 0 aromatic carbocycles. The normalized spacial score (nSPS) is 22.3. The Hall–Kier alpha value is -1.62. The van der Waals surface area contributed by atoms with E-state index in [1.807, 2.05) is 0 Å². The van der Waals surface area contributed by atoms with Crippen molar-refractivity contribution >= 4 is 5.78 Å². The molecule has 0 amide bonds. The molecule has 1 heterocycles. The van der Waals surface area contributed by atoms with Gasteiger partial charge in [0.1, 0.15) is 18.5 Å². The molecule has 1 fully saturated rings. The fraction of sp³-hybridized carbons (Fsp3) is 0.600. The SMILES string of the molecule is COC1CCC(Oc2ccc(OCC(C)=O)cn2)CC1. The number of hydrogen-bond acceptors (Lipinski definition) is 5. The molecule has 0 unspecified atom stereocenters. The summed E-state index contributed by atoms with van der Waals surface area (Å²) in [5.74, 6) is 1.16. The Bertz CT molecular complexity index is 424. The molecule has 20 heavy (non-hydrogen) atoms. The van der Waals surface area contributed by atoms with E-state index in [0.717, 1.165) is 25.7 Å². The number of carbonyl (C=O) groups excluding carboxylic acids is 1. The molecule has 5 nitrogen and oxygen atoms in total. The second-order valence-corrected chi connectivity index (χ2v) is 5.08. The van der Waals surface area contributed by atoms with Gasteiger partial charge in [-0.1, -0.05) is 0 Å². The van der Waals surface area contributed by atoms with Crippen LogP contribution in [0.25, 0.3) is 0 Å². The van der Waals surface area contributed by atoms with E-state index >= 15 is 0 Å². The van der Waals surface area contributed by atoms with Crippen molar-refractivity contribution in [2.75, 3.05) is 13.7 Å². The Morgan fingerprint density at radius 2 is 1.95 bits per heavy atom. The minimum Gasteiger partial charge on any atom is -0.484 e. The number of Topliss-reactive ketones (excluding diaryl/α,β-unsaturated/α-hetero) is 1. The molecule has 1 saturated carbocycles. The lowest BCUT2D eigenvalue weighted by Gasteiger charge is -2.27. The topological polar surface area (TPSA) is 57.7 Å². The molecular weight excluding hydrogens is 258 g/mol. The van der Waals surface area contributed by atoms with E-state index in [1.165, 1.54) is 6.92 Å². The van der Waals surface area contributed by atoms with Crippen LogP contribution in [0.5, 0.6) is 11.6 Å². The molecule has 1 aromatic rings. The van der Waals surface area contributed by atoms with Crippen molar-refractivity contribution in [3.8, 4) is 11.6 Å². The molecule has 0 saturated heterocycles. The van der Waals surface area contributed by atoms with Crippen LogP contribution in [0.2, 0.25) is 0 Å². The lowest BCUT2D eigenvalue weighted by Crippen LogP contribution is -2.27. The van der Waals surface area contributed by atoms with Gasteiger partial charge in [0.25, 0.3) is 0 Å². The largest absolute Gasteiger partial charge is 0.484 e. The first-order valence-electron chi connectivity index (χ1n) is 6.95. The summed E-state index contributed by atoms with van der Waals surface area (Å²) in [5.41, 5.74) is 0. The monoisotopic (exact) mass is 279 g/mol. The van der Waals surface area contributed by atoms with Gasteiger partial charge in [-0.15, -0.1) is 0 Å². The Balaban J connectivity index is 1.80. The van der Waals surface area contributed by atoms with Crippen LogP contribution >= 0.6 is 0 Å². The highest BCUT2D eigenvalue weighted by Gasteiger charge is 2.22. The van der Waals surface area contributed by atoms with Gasteiger partial charge in [0.05, 0.1) is 12.3 Å². The van der Waals surface area contributed by atoms with Crippen molar-refractivity contribution < 1.29 is 19.0 Å². The Morgan fingerprint density at radius 1 is 1.25 bits per heavy atom. The number of hydrogen-bond donors (Lipinski definition) is 0. The van der Waals surface area contributed by atoms with E-state index < -0.39 is 0 Å². The maximum absolute atomic E-state index is 10.8. The predicted octanol–water partition coefficient (Wildman–Crippen LogP) is 2.39. The zero-order valence-corrected chi connectivity index (χ0v) is 12.0. The quantitative estimate of drug-likeness (QED) is 0.800. The third kappa shape index (κ3) is 4.49. The average Bonchev–Trinajstić information content (AvgIpc) is 2.47. The number of ether oxygens (including phenoxy) is 3. The minimum absolute atomic E-state index is 0.0137. The highest BCUT2D eigenvalue weighted by atomic mass is 16.5. The summed E-state index contributed by atoms with van der Waals surface area (Å²) in [4.78, 5) is 15.0. The minimum atomic E-state index is -0.0137. The molecule has 1 aliphatic carbocycles. The highest BCUT2D eigenvalue weighted by Crippen LogP contribution is 2.24. The molecule has 0 spiro atoms. The third-order valence-electron chi connectivity index (χ3n) is 3.39.